The summed E-state index contributed by atoms with van der Waals surface area (Å²) >= 11 is 0. The highest BCUT2D eigenvalue weighted by molar-refractivity contribution is 5.76. The van der Waals surface area contributed by atoms with Gasteiger partial charge in [0.05, 0.1) is 6.10 Å². The van der Waals surface area contributed by atoms with Gasteiger partial charge in [0.15, 0.2) is 0 Å². The number of carbonyl (C=O) groups excluding carboxylic acids is 1. The van der Waals surface area contributed by atoms with Crippen molar-refractivity contribution in [3.05, 3.63) is 0 Å². The van der Waals surface area contributed by atoms with E-state index < -0.39 is 6.10 Å². The minimum absolute atomic E-state index is 0.156. The Morgan fingerprint density at radius 3 is 2.00 bits per heavy atom. The van der Waals surface area contributed by atoms with Gasteiger partial charge < -0.3 is 10.0 Å². The van der Waals surface area contributed by atoms with Crippen LogP contribution in [0.5, 0.6) is 0 Å². The number of amides is 1. The van der Waals surface area contributed by atoms with Crippen molar-refractivity contribution in [3.63, 3.8) is 0 Å². The molecule has 102 valence electrons. The van der Waals surface area contributed by atoms with Gasteiger partial charge in [-0.05, 0) is 39.0 Å². The molecule has 0 saturated heterocycles. The lowest BCUT2D eigenvalue weighted by Gasteiger charge is -2.29. The van der Waals surface area contributed by atoms with E-state index in [4.69, 9.17) is 0 Å². The zero-order chi connectivity index (χ0) is 13.6. The monoisotopic (exact) mass is 243 g/mol. The number of hydrogen-bond donors (Lipinski definition) is 1. The predicted molar refractivity (Wildman–Crippen MR) is 71.8 cm³/mol. The minimum atomic E-state index is -0.457. The Morgan fingerprint density at radius 1 is 1.12 bits per heavy atom. The molecule has 2 atom stereocenters. The first-order valence-electron chi connectivity index (χ1n) is 6.71. The van der Waals surface area contributed by atoms with Crippen LogP contribution in [0.2, 0.25) is 0 Å². The summed E-state index contributed by atoms with van der Waals surface area (Å²) in [4.78, 5) is 13.9. The maximum atomic E-state index is 12.1. The average Bonchev–Trinajstić information content (AvgIpc) is 2.11. The summed E-state index contributed by atoms with van der Waals surface area (Å²) in [5, 5.41) is 9.41. The quantitative estimate of drug-likeness (QED) is 0.747. The van der Waals surface area contributed by atoms with Gasteiger partial charge in [-0.15, -0.1) is 0 Å². The largest absolute Gasteiger partial charge is 0.392 e. The molecule has 0 saturated carbocycles. The molecule has 0 rings (SSSR count). The topological polar surface area (TPSA) is 40.5 Å². The molecule has 0 aliphatic carbocycles. The van der Waals surface area contributed by atoms with E-state index in [0.717, 1.165) is 6.42 Å². The fourth-order valence-corrected chi connectivity index (χ4v) is 2.19. The molecule has 0 aromatic carbocycles. The average molecular weight is 243 g/mol. The second-order valence-corrected chi connectivity index (χ2v) is 5.93. The van der Waals surface area contributed by atoms with Crippen molar-refractivity contribution in [3.8, 4) is 0 Å². The van der Waals surface area contributed by atoms with Crippen molar-refractivity contribution in [2.45, 2.75) is 66.5 Å². The van der Waals surface area contributed by atoms with Gasteiger partial charge in [0.1, 0.15) is 0 Å². The zero-order valence-corrected chi connectivity index (χ0v) is 12.2. The Hall–Kier alpha value is -0.570. The maximum Gasteiger partial charge on any atom is 0.223 e. The van der Waals surface area contributed by atoms with Crippen molar-refractivity contribution in [2.75, 3.05) is 6.54 Å². The molecule has 3 heteroatoms. The molecule has 2 unspecified atom stereocenters. The molecule has 1 amide bonds. The van der Waals surface area contributed by atoms with E-state index in [-0.39, 0.29) is 11.9 Å². The summed E-state index contributed by atoms with van der Waals surface area (Å²) in [5.41, 5.74) is 0. The molecule has 0 spiro atoms. The van der Waals surface area contributed by atoms with E-state index >= 15 is 0 Å². The lowest BCUT2D eigenvalue weighted by Crippen LogP contribution is -2.42. The first-order valence-corrected chi connectivity index (χ1v) is 6.71. The van der Waals surface area contributed by atoms with Crippen LogP contribution in [-0.2, 0) is 4.79 Å². The zero-order valence-electron chi connectivity index (χ0n) is 12.2. The van der Waals surface area contributed by atoms with Crippen LogP contribution in [0, 0.1) is 11.8 Å². The van der Waals surface area contributed by atoms with Crippen LogP contribution in [0.3, 0.4) is 0 Å². The molecule has 0 aromatic rings. The number of aliphatic hydroxyl groups is 1. The Labute approximate surface area is 106 Å². The standard InChI is InChI=1S/C14H29NO2/c1-10(2)7-12(5)8-14(17)15(11(3)4)9-13(6)16/h10-13,16H,7-9H2,1-6H3. The Kier molecular flexibility index (Phi) is 7.44. The van der Waals surface area contributed by atoms with E-state index in [1.54, 1.807) is 11.8 Å². The fourth-order valence-electron chi connectivity index (χ4n) is 2.19. The van der Waals surface area contributed by atoms with E-state index in [1.165, 1.54) is 0 Å². The predicted octanol–water partition coefficient (Wildman–Crippen LogP) is 2.68. The summed E-state index contributed by atoms with van der Waals surface area (Å²) in [5.74, 6) is 1.20. The number of aliphatic hydroxyl groups excluding tert-OH is 1. The Morgan fingerprint density at radius 2 is 1.65 bits per heavy atom. The fraction of sp³-hybridized carbons (Fsp3) is 0.929. The van der Waals surface area contributed by atoms with E-state index in [2.05, 4.69) is 20.8 Å². The molecule has 0 aliphatic rings. The Balaban J connectivity index is 4.32. The van der Waals surface area contributed by atoms with Crippen molar-refractivity contribution < 1.29 is 9.90 Å². The van der Waals surface area contributed by atoms with Gasteiger partial charge in [-0.2, -0.15) is 0 Å². The lowest BCUT2D eigenvalue weighted by molar-refractivity contribution is -0.135. The molecule has 1 N–H and O–H groups in total. The second-order valence-electron chi connectivity index (χ2n) is 5.93. The number of nitrogens with zero attached hydrogens (tertiary/aromatic N) is 1. The van der Waals surface area contributed by atoms with Crippen LogP contribution in [0.25, 0.3) is 0 Å². The van der Waals surface area contributed by atoms with Crippen LogP contribution >= 0.6 is 0 Å². The molecule has 0 fully saturated rings. The third-order valence-corrected chi connectivity index (χ3v) is 2.80. The minimum Gasteiger partial charge on any atom is -0.392 e. The molecule has 0 aliphatic heterocycles. The number of rotatable bonds is 7. The summed E-state index contributed by atoms with van der Waals surface area (Å²) in [6.45, 7) is 12.6. The second kappa shape index (κ2) is 7.70. The molecular formula is C14H29NO2. The van der Waals surface area contributed by atoms with Gasteiger partial charge in [0, 0.05) is 19.0 Å². The third-order valence-electron chi connectivity index (χ3n) is 2.80. The van der Waals surface area contributed by atoms with Crippen LogP contribution in [0.4, 0.5) is 0 Å². The van der Waals surface area contributed by atoms with E-state index in [1.807, 2.05) is 13.8 Å². The van der Waals surface area contributed by atoms with Crippen molar-refractivity contribution in [1.82, 2.24) is 4.90 Å². The van der Waals surface area contributed by atoms with Crippen LogP contribution in [0.1, 0.15) is 54.4 Å². The molecule has 0 aromatic heterocycles. The highest BCUT2D eigenvalue weighted by atomic mass is 16.3. The molecule has 3 nitrogen and oxygen atoms in total. The number of carbonyl (C=O) groups is 1. The van der Waals surface area contributed by atoms with Crippen molar-refractivity contribution in [2.24, 2.45) is 11.8 Å². The Bertz CT molecular complexity index is 224. The summed E-state index contributed by atoms with van der Waals surface area (Å²) in [6.07, 6.45) is 1.21. The van der Waals surface area contributed by atoms with Crippen LogP contribution in [0.15, 0.2) is 0 Å². The van der Waals surface area contributed by atoms with Crippen LogP contribution < -0.4 is 0 Å². The van der Waals surface area contributed by atoms with Gasteiger partial charge in [0.2, 0.25) is 5.91 Å². The highest BCUT2D eigenvalue weighted by Crippen LogP contribution is 2.16. The molecule has 0 radical (unpaired) electrons. The van der Waals surface area contributed by atoms with Gasteiger partial charge >= 0.3 is 0 Å². The summed E-state index contributed by atoms with van der Waals surface area (Å²) < 4.78 is 0. The SMILES string of the molecule is CC(C)CC(C)CC(=O)N(CC(C)O)C(C)C. The molecular weight excluding hydrogens is 214 g/mol. The maximum absolute atomic E-state index is 12.1. The normalized spacial score (nSPS) is 15.1. The first kappa shape index (κ1) is 16.4. The van der Waals surface area contributed by atoms with Gasteiger partial charge in [-0.25, -0.2) is 0 Å². The summed E-state index contributed by atoms with van der Waals surface area (Å²) in [6, 6.07) is 0.156. The first-order chi connectivity index (χ1) is 7.73. The van der Waals surface area contributed by atoms with Gasteiger partial charge in [-0.1, -0.05) is 20.8 Å². The van der Waals surface area contributed by atoms with E-state index in [9.17, 15) is 9.90 Å². The van der Waals surface area contributed by atoms with Crippen molar-refractivity contribution in [1.29, 1.82) is 0 Å². The van der Waals surface area contributed by atoms with Crippen LogP contribution in [-0.4, -0.2) is 34.6 Å². The van der Waals surface area contributed by atoms with E-state index in [0.29, 0.717) is 24.8 Å². The lowest BCUT2D eigenvalue weighted by atomic mass is 9.95. The number of hydrogen-bond acceptors (Lipinski definition) is 2. The third kappa shape index (κ3) is 7.37. The highest BCUT2D eigenvalue weighted by Gasteiger charge is 2.20. The molecule has 0 heterocycles. The molecule has 17 heavy (non-hydrogen) atoms. The smallest absolute Gasteiger partial charge is 0.223 e. The summed E-state index contributed by atoms with van der Waals surface area (Å²) in [7, 11) is 0. The van der Waals surface area contributed by atoms with Crippen molar-refractivity contribution >= 4 is 5.91 Å². The molecule has 0 bridgehead atoms. The van der Waals surface area contributed by atoms with Gasteiger partial charge in [-0.3, -0.25) is 4.79 Å². The van der Waals surface area contributed by atoms with Gasteiger partial charge in [0.25, 0.3) is 0 Å².